The average Bonchev–Trinajstić information content (AvgIpc) is 2.57. The molecule has 2 aromatic rings. The zero-order valence-electron chi connectivity index (χ0n) is 13.7. The van der Waals surface area contributed by atoms with Gasteiger partial charge >= 0.3 is 0 Å². The summed E-state index contributed by atoms with van der Waals surface area (Å²) in [5, 5.41) is 5.99. The second-order valence-electron chi connectivity index (χ2n) is 5.11. The van der Waals surface area contributed by atoms with Crippen molar-refractivity contribution >= 4 is 50.5 Å². The zero-order chi connectivity index (χ0) is 17.5. The lowest BCUT2D eigenvalue weighted by Crippen LogP contribution is -2.34. The molecule has 2 N–H and O–H groups in total. The van der Waals surface area contributed by atoms with Gasteiger partial charge in [-0.25, -0.2) is 0 Å². The van der Waals surface area contributed by atoms with Crippen molar-refractivity contribution in [2.24, 2.45) is 0 Å². The number of nitrogens with zero attached hydrogens (tertiary/aromatic N) is 1. The molecular weight excluding hydrogens is 386 g/mol. The van der Waals surface area contributed by atoms with E-state index in [1.54, 1.807) is 6.07 Å². The number of amides is 1. The Balaban J connectivity index is 1.97. The Kier molecular flexibility index (Phi) is 6.75. The molecule has 0 saturated heterocycles. The number of hydrogen-bond donors (Lipinski definition) is 2. The summed E-state index contributed by atoms with van der Waals surface area (Å²) in [5.41, 5.74) is 2.54. The van der Waals surface area contributed by atoms with Crippen molar-refractivity contribution in [3.63, 3.8) is 0 Å². The van der Waals surface area contributed by atoms with Crippen LogP contribution in [0.4, 0.5) is 11.4 Å². The highest BCUT2D eigenvalue weighted by atomic mass is 79.9. The molecule has 6 heteroatoms. The fraction of sp³-hybridized carbons (Fsp3) is 0.222. The van der Waals surface area contributed by atoms with Crippen molar-refractivity contribution in [3.05, 3.63) is 58.6 Å². The van der Waals surface area contributed by atoms with E-state index in [1.165, 1.54) is 0 Å². The standard InChI is InChI=1S/C18H20BrN3OS/c1-3-22(4-2)14-11-9-13(10-12-14)20-18(24)21-17(23)15-7-5-6-8-16(15)19/h5-12H,3-4H2,1-2H3,(H2,20,21,23,24). The number of thiocarbonyl (C=S) groups is 1. The molecule has 2 aromatic carbocycles. The summed E-state index contributed by atoms with van der Waals surface area (Å²) < 4.78 is 0.730. The molecule has 0 heterocycles. The van der Waals surface area contributed by atoms with Crippen LogP contribution in [0.2, 0.25) is 0 Å². The topological polar surface area (TPSA) is 44.4 Å². The SMILES string of the molecule is CCN(CC)c1ccc(NC(=S)NC(=O)c2ccccc2Br)cc1. The Morgan fingerprint density at radius 2 is 1.71 bits per heavy atom. The second-order valence-corrected chi connectivity index (χ2v) is 6.37. The Morgan fingerprint density at radius 1 is 1.08 bits per heavy atom. The molecule has 0 aliphatic rings. The summed E-state index contributed by atoms with van der Waals surface area (Å²) in [6, 6.07) is 15.2. The number of rotatable bonds is 5. The largest absolute Gasteiger partial charge is 0.372 e. The fourth-order valence-electron chi connectivity index (χ4n) is 2.32. The van der Waals surface area contributed by atoms with Crippen LogP contribution in [-0.2, 0) is 0 Å². The highest BCUT2D eigenvalue weighted by Gasteiger charge is 2.11. The molecule has 0 aliphatic heterocycles. The van der Waals surface area contributed by atoms with Gasteiger partial charge in [0.1, 0.15) is 0 Å². The number of carbonyl (C=O) groups excluding carboxylic acids is 1. The third-order valence-corrected chi connectivity index (χ3v) is 4.49. The lowest BCUT2D eigenvalue weighted by molar-refractivity contribution is 0.0977. The number of carbonyl (C=O) groups is 1. The molecule has 2 rings (SSSR count). The molecule has 0 saturated carbocycles. The van der Waals surface area contributed by atoms with Crippen molar-refractivity contribution < 1.29 is 4.79 Å². The molecule has 0 aliphatic carbocycles. The molecule has 0 bridgehead atoms. The smallest absolute Gasteiger partial charge is 0.258 e. The van der Waals surface area contributed by atoms with Gasteiger partial charge in [0.2, 0.25) is 0 Å². The van der Waals surface area contributed by atoms with E-state index in [0.717, 1.165) is 28.9 Å². The van der Waals surface area contributed by atoms with E-state index in [2.05, 4.69) is 45.3 Å². The highest BCUT2D eigenvalue weighted by molar-refractivity contribution is 9.10. The van der Waals surface area contributed by atoms with Gasteiger partial charge in [0.15, 0.2) is 5.11 Å². The van der Waals surface area contributed by atoms with Crippen LogP contribution < -0.4 is 15.5 Å². The molecule has 0 atom stereocenters. The van der Waals surface area contributed by atoms with E-state index in [4.69, 9.17) is 12.2 Å². The van der Waals surface area contributed by atoms with Crippen molar-refractivity contribution in [3.8, 4) is 0 Å². The Hall–Kier alpha value is -1.92. The Labute approximate surface area is 156 Å². The van der Waals surface area contributed by atoms with Gasteiger partial charge < -0.3 is 10.2 Å². The number of halogens is 1. The maximum absolute atomic E-state index is 12.2. The van der Waals surface area contributed by atoms with E-state index in [-0.39, 0.29) is 11.0 Å². The van der Waals surface area contributed by atoms with Gasteiger partial charge in [0, 0.05) is 28.9 Å². The minimum atomic E-state index is -0.250. The van der Waals surface area contributed by atoms with E-state index in [0.29, 0.717) is 5.56 Å². The van der Waals surface area contributed by atoms with Gasteiger partial charge in [-0.15, -0.1) is 0 Å². The Bertz CT molecular complexity index is 714. The monoisotopic (exact) mass is 405 g/mol. The quantitative estimate of drug-likeness (QED) is 0.722. The lowest BCUT2D eigenvalue weighted by atomic mass is 10.2. The molecule has 0 unspecified atom stereocenters. The molecule has 0 spiro atoms. The summed E-state index contributed by atoms with van der Waals surface area (Å²) in [6.45, 7) is 6.18. The van der Waals surface area contributed by atoms with E-state index >= 15 is 0 Å². The van der Waals surface area contributed by atoms with E-state index in [1.807, 2.05) is 42.5 Å². The summed E-state index contributed by atoms with van der Waals surface area (Å²) in [5.74, 6) is -0.250. The maximum Gasteiger partial charge on any atom is 0.258 e. The van der Waals surface area contributed by atoms with Crippen molar-refractivity contribution in [1.29, 1.82) is 0 Å². The minimum absolute atomic E-state index is 0.250. The Morgan fingerprint density at radius 3 is 2.29 bits per heavy atom. The second kappa shape index (κ2) is 8.80. The van der Waals surface area contributed by atoms with Crippen LogP contribution in [0, 0.1) is 0 Å². The van der Waals surface area contributed by atoms with Gasteiger partial charge in [-0.3, -0.25) is 10.1 Å². The van der Waals surface area contributed by atoms with Crippen LogP contribution in [0.3, 0.4) is 0 Å². The zero-order valence-corrected chi connectivity index (χ0v) is 16.1. The summed E-state index contributed by atoms with van der Waals surface area (Å²) in [7, 11) is 0. The van der Waals surface area contributed by atoms with Crippen LogP contribution in [-0.4, -0.2) is 24.1 Å². The molecule has 0 radical (unpaired) electrons. The first kappa shape index (κ1) is 18.4. The highest BCUT2D eigenvalue weighted by Crippen LogP contribution is 2.18. The number of anilines is 2. The average molecular weight is 406 g/mol. The summed E-state index contributed by atoms with van der Waals surface area (Å²) in [4.78, 5) is 14.5. The molecular formula is C18H20BrN3OS. The molecule has 126 valence electrons. The van der Waals surface area contributed by atoms with Crippen LogP contribution in [0.25, 0.3) is 0 Å². The summed E-state index contributed by atoms with van der Waals surface area (Å²) in [6.07, 6.45) is 0. The number of benzene rings is 2. The summed E-state index contributed by atoms with van der Waals surface area (Å²) >= 11 is 8.58. The lowest BCUT2D eigenvalue weighted by Gasteiger charge is -2.21. The third-order valence-electron chi connectivity index (χ3n) is 3.60. The normalized spacial score (nSPS) is 10.1. The van der Waals surface area contributed by atoms with Gasteiger partial charge in [0.05, 0.1) is 5.56 Å². The van der Waals surface area contributed by atoms with Crippen LogP contribution in [0.15, 0.2) is 53.0 Å². The van der Waals surface area contributed by atoms with Crippen LogP contribution in [0.1, 0.15) is 24.2 Å². The number of hydrogen-bond acceptors (Lipinski definition) is 3. The molecule has 0 fully saturated rings. The molecule has 0 aromatic heterocycles. The van der Waals surface area contributed by atoms with E-state index in [9.17, 15) is 4.79 Å². The van der Waals surface area contributed by atoms with E-state index < -0.39 is 0 Å². The first-order valence-corrected chi connectivity index (χ1v) is 8.97. The van der Waals surface area contributed by atoms with Crippen molar-refractivity contribution in [2.45, 2.75) is 13.8 Å². The van der Waals surface area contributed by atoms with Gasteiger partial charge in [-0.2, -0.15) is 0 Å². The van der Waals surface area contributed by atoms with Gasteiger partial charge in [0.25, 0.3) is 5.91 Å². The predicted octanol–water partition coefficient (Wildman–Crippen LogP) is 4.42. The minimum Gasteiger partial charge on any atom is -0.372 e. The molecule has 1 amide bonds. The predicted molar refractivity (Wildman–Crippen MR) is 108 cm³/mol. The van der Waals surface area contributed by atoms with Crippen molar-refractivity contribution in [2.75, 3.05) is 23.3 Å². The third kappa shape index (κ3) is 4.79. The molecule has 4 nitrogen and oxygen atoms in total. The number of nitrogens with one attached hydrogen (secondary N) is 2. The maximum atomic E-state index is 12.2. The first-order valence-electron chi connectivity index (χ1n) is 7.77. The van der Waals surface area contributed by atoms with Gasteiger partial charge in [-0.05, 0) is 78.4 Å². The molecule has 24 heavy (non-hydrogen) atoms. The van der Waals surface area contributed by atoms with Crippen LogP contribution >= 0.6 is 28.1 Å². The van der Waals surface area contributed by atoms with Crippen molar-refractivity contribution in [1.82, 2.24) is 5.32 Å². The van der Waals surface area contributed by atoms with Gasteiger partial charge in [-0.1, -0.05) is 12.1 Å². The fourth-order valence-corrected chi connectivity index (χ4v) is 3.00. The first-order chi connectivity index (χ1) is 11.5. The van der Waals surface area contributed by atoms with Crippen LogP contribution in [0.5, 0.6) is 0 Å².